The second-order valence-corrected chi connectivity index (χ2v) is 21.1. The van der Waals surface area contributed by atoms with Crippen molar-refractivity contribution in [3.05, 3.63) is 0 Å². The molecule has 12 fully saturated rings. The van der Waals surface area contributed by atoms with Crippen LogP contribution in [0.15, 0.2) is 0 Å². The molecule has 7 nitrogen and oxygen atoms in total. The number of aliphatic hydroxyl groups excluding tert-OH is 1. The van der Waals surface area contributed by atoms with Gasteiger partial charge in [0.1, 0.15) is 5.60 Å². The highest BCUT2D eigenvalue weighted by Gasteiger charge is 2.56. The van der Waals surface area contributed by atoms with Gasteiger partial charge in [0.25, 0.3) is 5.97 Å². The van der Waals surface area contributed by atoms with Gasteiger partial charge in [0.05, 0.1) is 6.10 Å². The molecular formula is C43H75BrN2O5. The van der Waals surface area contributed by atoms with E-state index in [1.807, 2.05) is 20.8 Å². The van der Waals surface area contributed by atoms with Gasteiger partial charge in [-0.15, -0.1) is 17.0 Å². The van der Waals surface area contributed by atoms with E-state index in [-0.39, 0.29) is 34.6 Å². The minimum Gasteiger partial charge on any atom is -0.481 e. The Morgan fingerprint density at radius 2 is 1.06 bits per heavy atom. The average molecular weight is 780 g/mol. The Morgan fingerprint density at radius 3 is 1.45 bits per heavy atom. The van der Waals surface area contributed by atoms with Crippen LogP contribution in [0.1, 0.15) is 151 Å². The van der Waals surface area contributed by atoms with E-state index >= 15 is 0 Å². The molecule has 6 atom stereocenters. The minimum atomic E-state index is -0.833. The fraction of sp³-hybridized carbons (Fsp3) is 0.953. The van der Waals surface area contributed by atoms with E-state index in [9.17, 15) is 9.90 Å². The number of carboxylic acid groups (broad SMARTS) is 1. The van der Waals surface area contributed by atoms with Crippen molar-refractivity contribution >= 4 is 29.0 Å². The molecular weight excluding hydrogens is 704 g/mol. The maximum Gasteiger partial charge on any atom is 0.407 e. The number of carboxylic acids is 1. The monoisotopic (exact) mass is 778 g/mol. The molecule has 12 aliphatic carbocycles. The molecule has 0 aromatic carbocycles. The summed E-state index contributed by atoms with van der Waals surface area (Å²) < 4.78 is 5.32. The number of alkyl carbamates (subject to hydrolysis) is 1. The molecule has 0 aromatic rings. The van der Waals surface area contributed by atoms with Crippen LogP contribution in [-0.2, 0) is 9.53 Å². The van der Waals surface area contributed by atoms with E-state index < -0.39 is 11.6 Å². The van der Waals surface area contributed by atoms with E-state index in [0.717, 1.165) is 85.0 Å². The number of halogens is 1. The molecule has 0 heterocycles. The molecule has 0 radical (unpaired) electrons. The first-order chi connectivity index (χ1) is 23.4. The zero-order chi connectivity index (χ0) is 36.2. The first-order valence-electron chi connectivity index (χ1n) is 21.0. The molecule has 294 valence electrons. The number of carbonyl (C=O) groups excluding carboxylic acids is 1. The van der Waals surface area contributed by atoms with E-state index in [1.54, 1.807) is 32.1 Å². The highest BCUT2D eigenvalue weighted by Crippen LogP contribution is 2.64. The van der Waals surface area contributed by atoms with Gasteiger partial charge in [0, 0.05) is 13.5 Å². The molecule has 5 N–H and O–H groups in total. The van der Waals surface area contributed by atoms with Crippen LogP contribution in [0.3, 0.4) is 0 Å². The van der Waals surface area contributed by atoms with Crippen LogP contribution in [0.4, 0.5) is 4.79 Å². The summed E-state index contributed by atoms with van der Waals surface area (Å²) in [5, 5.41) is 20.6. The minimum absolute atomic E-state index is 0. The fourth-order valence-electron chi connectivity index (χ4n) is 14.5. The molecule has 12 rings (SSSR count). The van der Waals surface area contributed by atoms with Gasteiger partial charge in [-0.25, -0.2) is 4.79 Å². The molecule has 12 bridgehead atoms. The third kappa shape index (κ3) is 9.17. The first kappa shape index (κ1) is 41.3. The summed E-state index contributed by atoms with van der Waals surface area (Å²) in [7, 11) is 0. The summed E-state index contributed by atoms with van der Waals surface area (Å²) >= 11 is 0. The Kier molecular flexibility index (Phi) is 12.7. The summed E-state index contributed by atoms with van der Waals surface area (Å²) in [6.45, 7) is 15.8. The number of amides is 1. The second-order valence-electron chi connectivity index (χ2n) is 21.1. The van der Waals surface area contributed by atoms with Gasteiger partial charge < -0.3 is 26.0 Å². The third-order valence-corrected chi connectivity index (χ3v) is 16.3. The zero-order valence-electron chi connectivity index (χ0n) is 33.3. The van der Waals surface area contributed by atoms with Crippen molar-refractivity contribution in [3.63, 3.8) is 0 Å². The largest absolute Gasteiger partial charge is 0.481 e. The molecule has 0 saturated heterocycles. The van der Waals surface area contributed by atoms with E-state index in [0.29, 0.717) is 23.8 Å². The number of nitrogens with two attached hydrogens (primary N) is 1. The topological polar surface area (TPSA) is 122 Å². The zero-order valence-corrected chi connectivity index (χ0v) is 35.0. The third-order valence-electron chi connectivity index (χ3n) is 16.3. The number of ether oxygens (including phenoxy) is 1. The van der Waals surface area contributed by atoms with Gasteiger partial charge in [0.2, 0.25) is 0 Å². The van der Waals surface area contributed by atoms with Crippen molar-refractivity contribution in [2.45, 2.75) is 163 Å². The molecule has 12 aliphatic rings. The fourth-order valence-corrected chi connectivity index (χ4v) is 14.5. The maximum absolute atomic E-state index is 11.8. The van der Waals surface area contributed by atoms with Gasteiger partial charge in [0.15, 0.2) is 0 Å². The van der Waals surface area contributed by atoms with Crippen LogP contribution in [0, 0.1) is 81.3 Å². The Hall–Kier alpha value is -0.860. The van der Waals surface area contributed by atoms with Crippen LogP contribution < -0.4 is 11.1 Å². The van der Waals surface area contributed by atoms with Crippen molar-refractivity contribution in [2.75, 3.05) is 13.1 Å². The summed E-state index contributed by atoms with van der Waals surface area (Å²) in [6, 6.07) is 0. The number of aliphatic hydroxyl groups is 1. The number of hydrogen-bond donors (Lipinski definition) is 4. The van der Waals surface area contributed by atoms with Crippen LogP contribution in [0.25, 0.3) is 0 Å². The summed E-state index contributed by atoms with van der Waals surface area (Å²) in [6.07, 6.45) is 22.1. The van der Waals surface area contributed by atoms with E-state index in [2.05, 4.69) is 26.1 Å². The van der Waals surface area contributed by atoms with Crippen LogP contribution in [-0.4, -0.2) is 47.1 Å². The Labute approximate surface area is 320 Å². The highest BCUT2D eigenvalue weighted by molar-refractivity contribution is 8.93. The van der Waals surface area contributed by atoms with E-state index in [4.69, 9.17) is 20.4 Å². The summed E-state index contributed by atoms with van der Waals surface area (Å²) in [5.74, 6) is 9.42. The van der Waals surface area contributed by atoms with Gasteiger partial charge >= 0.3 is 6.09 Å². The van der Waals surface area contributed by atoms with Crippen molar-refractivity contribution in [3.8, 4) is 0 Å². The first-order valence-corrected chi connectivity index (χ1v) is 21.0. The van der Waals surface area contributed by atoms with Gasteiger partial charge in [-0.1, -0.05) is 27.2 Å². The maximum atomic E-state index is 11.8. The van der Waals surface area contributed by atoms with E-state index in [1.165, 1.54) is 57.8 Å². The molecule has 51 heavy (non-hydrogen) atoms. The van der Waals surface area contributed by atoms with Crippen LogP contribution in [0.2, 0.25) is 0 Å². The smallest absolute Gasteiger partial charge is 0.407 e. The summed E-state index contributed by atoms with van der Waals surface area (Å²) in [4.78, 5) is 20.8. The number of aliphatic carboxylic acids is 1. The lowest BCUT2D eigenvalue weighted by Gasteiger charge is -2.59. The van der Waals surface area contributed by atoms with Gasteiger partial charge in [-0.05, 0) is 205 Å². The number of carbonyl (C=O) groups is 2. The molecule has 0 aromatic heterocycles. The SMILES string of the molecule is Br.CC(=O)O.CC(C)(C)OC(=O)NCC12CC3CC(C1)C(O)C(C3)C2.CC1C2CC3CC1CC(CN)(C3)C2.CCC12CC3CC(C1)C(C)C(C3)C2. The molecule has 1 amide bonds. The molecule has 6 unspecified atom stereocenters. The predicted molar refractivity (Wildman–Crippen MR) is 210 cm³/mol. The summed E-state index contributed by atoms with van der Waals surface area (Å²) in [5.41, 5.74) is 7.17. The van der Waals surface area contributed by atoms with Gasteiger partial charge in [-0.3, -0.25) is 4.79 Å². The predicted octanol–water partition coefficient (Wildman–Crippen LogP) is 9.63. The van der Waals surface area contributed by atoms with Crippen molar-refractivity contribution in [1.82, 2.24) is 5.32 Å². The number of rotatable bonds is 4. The van der Waals surface area contributed by atoms with Gasteiger partial charge in [-0.2, -0.15) is 0 Å². The lowest BCUT2D eigenvalue weighted by Crippen LogP contribution is -2.56. The Morgan fingerprint density at radius 1 is 0.706 bits per heavy atom. The lowest BCUT2D eigenvalue weighted by atomic mass is 9.46. The number of nitrogens with one attached hydrogen (secondary N) is 1. The normalized spacial score (nSPS) is 47.1. The molecule has 8 heteroatoms. The quantitative estimate of drug-likeness (QED) is 0.226. The molecule has 0 aliphatic heterocycles. The van der Waals surface area contributed by atoms with Crippen molar-refractivity contribution in [2.24, 2.45) is 87.1 Å². The Bertz CT molecular complexity index is 1120. The van der Waals surface area contributed by atoms with Crippen LogP contribution in [0.5, 0.6) is 0 Å². The standard InChI is InChI=1S/C16H27NO3.C13H22.C12H21N.C2H4O2.BrH/c1-15(2,3)20-14(19)17-9-16-6-10-4-11(7-16)13(18)12(5-10)8-16;1-3-13-6-10-4-11(7-13)9(2)12(5-10)8-13;1-8-10-2-9-3-11(8)6-12(4-9,5-10)7-13;1-2(3)4;/h10-13,18H,4-9H2,1-3H3,(H,17,19);9-12H,3-8H2,1-2H3;8-11H,2-7,13H2,1H3;1H3,(H,3,4);1H. The average Bonchev–Trinajstić information content (AvgIpc) is 3.02. The highest BCUT2D eigenvalue weighted by atomic mass is 79.9. The molecule has 12 saturated carbocycles. The molecule has 0 spiro atoms. The van der Waals surface area contributed by atoms with Crippen molar-refractivity contribution < 1.29 is 24.5 Å². The Balaban J connectivity index is 0.000000143. The lowest BCUT2D eigenvalue weighted by molar-refractivity contribution is -0.134. The second kappa shape index (κ2) is 15.7. The van der Waals surface area contributed by atoms with Crippen molar-refractivity contribution in [1.29, 1.82) is 0 Å². The number of hydrogen-bond acceptors (Lipinski definition) is 5. The van der Waals surface area contributed by atoms with Crippen LogP contribution >= 0.6 is 17.0 Å².